The molecule has 2 aromatic rings. The lowest BCUT2D eigenvalue weighted by Gasteiger charge is -2.24. The topological polar surface area (TPSA) is 75.2 Å². The van der Waals surface area contributed by atoms with E-state index in [-0.39, 0.29) is 24.3 Å². The minimum absolute atomic E-state index is 0.0530. The van der Waals surface area contributed by atoms with Crippen LogP contribution in [0.15, 0.2) is 47.3 Å². The maximum Gasteiger partial charge on any atom is 0.231 e. The number of aromatic nitrogens is 2. The maximum atomic E-state index is 12.6. The molecular formula is C16H15BrN4O2. The average molecular weight is 375 g/mol. The molecule has 3 rings (SSSR count). The average Bonchev–Trinajstić information content (AvgIpc) is 2.86. The molecule has 23 heavy (non-hydrogen) atoms. The van der Waals surface area contributed by atoms with Gasteiger partial charge >= 0.3 is 0 Å². The van der Waals surface area contributed by atoms with Crippen LogP contribution in [0.25, 0.3) is 0 Å². The van der Waals surface area contributed by atoms with Crippen molar-refractivity contribution in [1.82, 2.24) is 14.9 Å². The SMILES string of the molecule is CN1C(=O)CC(C(=O)Nc2ccc(Br)cn2)C1c1cccnc1. The molecule has 1 aliphatic heterocycles. The van der Waals surface area contributed by atoms with Crippen LogP contribution in [0.3, 0.4) is 0 Å². The molecule has 2 aromatic heterocycles. The third-order valence-corrected chi connectivity index (χ3v) is 4.40. The summed E-state index contributed by atoms with van der Waals surface area (Å²) < 4.78 is 0.833. The lowest BCUT2D eigenvalue weighted by molar-refractivity contribution is -0.127. The predicted molar refractivity (Wildman–Crippen MR) is 88.4 cm³/mol. The van der Waals surface area contributed by atoms with E-state index >= 15 is 0 Å². The van der Waals surface area contributed by atoms with Crippen molar-refractivity contribution in [1.29, 1.82) is 0 Å². The number of likely N-dealkylation sites (tertiary alicyclic amines) is 1. The summed E-state index contributed by atoms with van der Waals surface area (Å²) in [4.78, 5) is 34.5. The molecule has 118 valence electrons. The molecule has 2 unspecified atom stereocenters. The van der Waals surface area contributed by atoms with Crippen molar-refractivity contribution in [2.45, 2.75) is 12.5 Å². The molecular weight excluding hydrogens is 360 g/mol. The van der Waals surface area contributed by atoms with Gasteiger partial charge in [-0.15, -0.1) is 0 Å². The van der Waals surface area contributed by atoms with E-state index in [2.05, 4.69) is 31.2 Å². The molecule has 1 N–H and O–H groups in total. The first kappa shape index (κ1) is 15.6. The summed E-state index contributed by atoms with van der Waals surface area (Å²) in [5.74, 6) is -0.276. The highest BCUT2D eigenvalue weighted by Gasteiger charge is 2.42. The van der Waals surface area contributed by atoms with Gasteiger partial charge < -0.3 is 10.2 Å². The van der Waals surface area contributed by atoms with Crippen LogP contribution in [0.2, 0.25) is 0 Å². The van der Waals surface area contributed by atoms with Crippen molar-refractivity contribution >= 4 is 33.6 Å². The number of hydrogen-bond acceptors (Lipinski definition) is 4. The van der Waals surface area contributed by atoms with Gasteiger partial charge in [0.2, 0.25) is 11.8 Å². The summed E-state index contributed by atoms with van der Waals surface area (Å²) in [5.41, 5.74) is 0.852. The van der Waals surface area contributed by atoms with Gasteiger partial charge in [0.15, 0.2) is 0 Å². The van der Waals surface area contributed by atoms with Gasteiger partial charge in [-0.25, -0.2) is 4.98 Å². The summed E-state index contributed by atoms with van der Waals surface area (Å²) in [6, 6.07) is 6.88. The number of pyridine rings is 2. The highest BCUT2D eigenvalue weighted by molar-refractivity contribution is 9.10. The maximum absolute atomic E-state index is 12.6. The summed E-state index contributed by atoms with van der Waals surface area (Å²) >= 11 is 3.30. The monoisotopic (exact) mass is 374 g/mol. The van der Waals surface area contributed by atoms with Gasteiger partial charge in [0, 0.05) is 36.5 Å². The second-order valence-electron chi connectivity index (χ2n) is 5.40. The summed E-state index contributed by atoms with van der Waals surface area (Å²) in [6.07, 6.45) is 5.15. The Bertz CT molecular complexity index is 721. The fraction of sp³-hybridized carbons (Fsp3) is 0.250. The van der Waals surface area contributed by atoms with Crippen LogP contribution in [-0.2, 0) is 9.59 Å². The van der Waals surface area contributed by atoms with Crippen LogP contribution in [0.4, 0.5) is 5.82 Å². The highest BCUT2D eigenvalue weighted by atomic mass is 79.9. The molecule has 0 radical (unpaired) electrons. The van der Waals surface area contributed by atoms with Gasteiger partial charge in [-0.2, -0.15) is 0 Å². The van der Waals surface area contributed by atoms with Crippen molar-refractivity contribution in [2.24, 2.45) is 5.92 Å². The fourth-order valence-electron chi connectivity index (χ4n) is 2.78. The lowest BCUT2D eigenvalue weighted by atomic mass is 9.94. The molecule has 1 saturated heterocycles. The number of anilines is 1. The van der Waals surface area contributed by atoms with Gasteiger partial charge in [-0.05, 0) is 39.7 Å². The number of nitrogens with one attached hydrogen (secondary N) is 1. The van der Waals surface area contributed by atoms with Crippen LogP contribution >= 0.6 is 15.9 Å². The minimum Gasteiger partial charge on any atom is -0.338 e. The molecule has 6 nitrogen and oxygen atoms in total. The highest BCUT2D eigenvalue weighted by Crippen LogP contribution is 2.37. The third kappa shape index (κ3) is 3.24. The van der Waals surface area contributed by atoms with E-state index in [0.29, 0.717) is 5.82 Å². The van der Waals surface area contributed by atoms with E-state index in [1.807, 2.05) is 6.07 Å². The first-order valence-corrected chi connectivity index (χ1v) is 7.93. The lowest BCUT2D eigenvalue weighted by Crippen LogP contribution is -2.30. The second-order valence-corrected chi connectivity index (χ2v) is 6.31. The zero-order valence-electron chi connectivity index (χ0n) is 12.4. The second kappa shape index (κ2) is 6.45. The van der Waals surface area contributed by atoms with E-state index in [9.17, 15) is 9.59 Å². The van der Waals surface area contributed by atoms with E-state index in [1.165, 1.54) is 0 Å². The Kier molecular flexibility index (Phi) is 4.38. The predicted octanol–water partition coefficient (Wildman–Crippen LogP) is 2.40. The number of nitrogens with zero attached hydrogens (tertiary/aromatic N) is 3. The Hall–Kier alpha value is -2.28. The Labute approximate surface area is 142 Å². The molecule has 2 amide bonds. The van der Waals surface area contributed by atoms with Crippen molar-refractivity contribution in [3.63, 3.8) is 0 Å². The van der Waals surface area contributed by atoms with Gasteiger partial charge in [-0.1, -0.05) is 6.07 Å². The molecule has 2 atom stereocenters. The molecule has 0 aliphatic carbocycles. The smallest absolute Gasteiger partial charge is 0.231 e. The van der Waals surface area contributed by atoms with Crippen molar-refractivity contribution < 1.29 is 9.59 Å². The van der Waals surface area contributed by atoms with Crippen LogP contribution in [0, 0.1) is 5.92 Å². The van der Waals surface area contributed by atoms with Gasteiger partial charge in [-0.3, -0.25) is 14.6 Å². The molecule has 1 fully saturated rings. The molecule has 1 aliphatic rings. The van der Waals surface area contributed by atoms with Crippen LogP contribution < -0.4 is 5.32 Å². The molecule has 0 spiro atoms. The summed E-state index contributed by atoms with van der Waals surface area (Å²) in [7, 11) is 1.71. The fourth-order valence-corrected chi connectivity index (χ4v) is 3.01. The van der Waals surface area contributed by atoms with Gasteiger partial charge in [0.05, 0.1) is 12.0 Å². The van der Waals surface area contributed by atoms with Crippen LogP contribution in [-0.4, -0.2) is 33.7 Å². The number of hydrogen-bond donors (Lipinski definition) is 1. The zero-order chi connectivity index (χ0) is 16.4. The number of rotatable bonds is 3. The summed E-state index contributed by atoms with van der Waals surface area (Å²) in [5, 5.41) is 2.78. The van der Waals surface area contributed by atoms with Crippen molar-refractivity contribution in [2.75, 3.05) is 12.4 Å². The molecule has 3 heterocycles. The Morgan fingerprint density at radius 2 is 2.17 bits per heavy atom. The van der Waals surface area contributed by atoms with Crippen molar-refractivity contribution in [3.05, 3.63) is 52.9 Å². The first-order chi connectivity index (χ1) is 11.1. The van der Waals surface area contributed by atoms with Crippen LogP contribution in [0.5, 0.6) is 0 Å². The number of halogens is 1. The molecule has 0 saturated carbocycles. The van der Waals surface area contributed by atoms with E-state index in [0.717, 1.165) is 10.0 Å². The number of carbonyl (C=O) groups is 2. The third-order valence-electron chi connectivity index (χ3n) is 3.93. The molecule has 7 heteroatoms. The largest absolute Gasteiger partial charge is 0.338 e. The Balaban J connectivity index is 1.83. The first-order valence-electron chi connectivity index (χ1n) is 7.14. The van der Waals surface area contributed by atoms with E-state index < -0.39 is 5.92 Å². The normalized spacial score (nSPS) is 20.6. The van der Waals surface area contributed by atoms with Crippen LogP contribution in [0.1, 0.15) is 18.0 Å². The summed E-state index contributed by atoms with van der Waals surface area (Å²) in [6.45, 7) is 0. The number of carbonyl (C=O) groups excluding carboxylic acids is 2. The van der Waals surface area contributed by atoms with E-state index in [4.69, 9.17) is 0 Å². The molecule has 0 aromatic carbocycles. The van der Waals surface area contributed by atoms with Crippen molar-refractivity contribution in [3.8, 4) is 0 Å². The zero-order valence-corrected chi connectivity index (χ0v) is 14.0. The van der Waals surface area contributed by atoms with Gasteiger partial charge in [0.25, 0.3) is 0 Å². The standard InChI is InChI=1S/C16H15BrN4O2/c1-21-14(22)7-12(15(21)10-3-2-6-18-8-10)16(23)20-13-5-4-11(17)9-19-13/h2-6,8-9,12,15H,7H2,1H3,(H,19,20,23). The van der Waals surface area contributed by atoms with E-state index in [1.54, 1.807) is 48.7 Å². The Morgan fingerprint density at radius 3 is 2.83 bits per heavy atom. The number of amides is 2. The Morgan fingerprint density at radius 1 is 1.35 bits per heavy atom. The quantitative estimate of drug-likeness (QED) is 0.894. The van der Waals surface area contributed by atoms with Gasteiger partial charge in [0.1, 0.15) is 5.82 Å². The minimum atomic E-state index is -0.470. The molecule has 0 bridgehead atoms.